The average molecular weight is 576 g/mol. The lowest BCUT2D eigenvalue weighted by Crippen LogP contribution is -2.32. The number of hydrogen-bond donors (Lipinski definition) is 3. The highest BCUT2D eigenvalue weighted by molar-refractivity contribution is 7.85. The summed E-state index contributed by atoms with van der Waals surface area (Å²) in [4.78, 5) is 12.8. The van der Waals surface area contributed by atoms with Gasteiger partial charge < -0.3 is 20.3 Å². The molecule has 0 bridgehead atoms. The zero-order valence-corrected chi connectivity index (χ0v) is 25.6. The Morgan fingerprint density at radius 3 is 2.54 bits per heavy atom. The van der Waals surface area contributed by atoms with Gasteiger partial charge in [-0.3, -0.25) is 9.31 Å². The third-order valence-corrected chi connectivity index (χ3v) is 9.19. The minimum Gasteiger partial charge on any atom is -0.489 e. The van der Waals surface area contributed by atoms with Crippen molar-refractivity contribution in [3.05, 3.63) is 53.7 Å². The average Bonchev–Trinajstić information content (AvgIpc) is 3.43. The van der Waals surface area contributed by atoms with Crippen molar-refractivity contribution >= 4 is 45.0 Å². The smallest absolute Gasteiger partial charge is 0.231 e. The Balaban J connectivity index is 1.48. The molecule has 1 fully saturated rings. The van der Waals surface area contributed by atoms with Crippen LogP contribution in [-0.4, -0.2) is 60.3 Å². The molecule has 218 valence electrons. The van der Waals surface area contributed by atoms with Gasteiger partial charge in [-0.2, -0.15) is 15.1 Å². The van der Waals surface area contributed by atoms with Gasteiger partial charge in [0.15, 0.2) is 5.65 Å². The minimum atomic E-state index is -1.16. The van der Waals surface area contributed by atoms with Gasteiger partial charge in [-0.15, -0.1) is 0 Å². The number of aromatic amines is 1. The monoisotopic (exact) mass is 575 g/mol. The fourth-order valence-corrected chi connectivity index (χ4v) is 6.44. The first-order chi connectivity index (χ1) is 19.7. The SMILES string of the molecule is CCN1CCC(c2cc(OC(C)C)c(Nc3nc(Nc4ccccc4S(=O)C(C)C)c4cn[nH]c4n3)cc2C)CC1. The van der Waals surface area contributed by atoms with Gasteiger partial charge in [0.1, 0.15) is 11.6 Å². The molecular formula is C31H41N7O2S. The van der Waals surface area contributed by atoms with Crippen LogP contribution in [0.2, 0.25) is 0 Å². The Bertz CT molecular complexity index is 1530. The van der Waals surface area contributed by atoms with Gasteiger partial charge in [-0.25, -0.2) is 0 Å². The van der Waals surface area contributed by atoms with Crippen molar-refractivity contribution in [1.29, 1.82) is 0 Å². The fourth-order valence-electron chi connectivity index (χ4n) is 5.39. The molecule has 9 nitrogen and oxygen atoms in total. The fraction of sp³-hybridized carbons (Fsp3) is 0.452. The van der Waals surface area contributed by atoms with E-state index in [1.54, 1.807) is 6.20 Å². The van der Waals surface area contributed by atoms with Crippen molar-refractivity contribution in [2.75, 3.05) is 30.3 Å². The van der Waals surface area contributed by atoms with Gasteiger partial charge in [0.2, 0.25) is 5.95 Å². The van der Waals surface area contributed by atoms with Crippen LogP contribution in [0.3, 0.4) is 0 Å². The molecule has 0 spiro atoms. The Hall–Kier alpha value is -3.50. The van der Waals surface area contributed by atoms with Crippen molar-refractivity contribution in [1.82, 2.24) is 25.1 Å². The van der Waals surface area contributed by atoms with Gasteiger partial charge in [0, 0.05) is 5.25 Å². The lowest BCUT2D eigenvalue weighted by molar-refractivity contribution is 0.221. The number of aryl methyl sites for hydroxylation is 1. The summed E-state index contributed by atoms with van der Waals surface area (Å²) in [5.41, 5.74) is 4.73. The summed E-state index contributed by atoms with van der Waals surface area (Å²) in [5, 5.41) is 14.7. The van der Waals surface area contributed by atoms with Crippen molar-refractivity contribution in [2.24, 2.45) is 0 Å². The summed E-state index contributed by atoms with van der Waals surface area (Å²) in [6.45, 7) is 15.7. The second-order valence-electron chi connectivity index (χ2n) is 11.2. The minimum absolute atomic E-state index is 0.0135. The molecule has 41 heavy (non-hydrogen) atoms. The van der Waals surface area contributed by atoms with E-state index in [1.165, 1.54) is 11.1 Å². The number of benzene rings is 2. The summed E-state index contributed by atoms with van der Waals surface area (Å²) >= 11 is 0. The molecule has 2 aromatic heterocycles. The molecule has 1 aliphatic rings. The maximum Gasteiger partial charge on any atom is 0.231 e. The largest absolute Gasteiger partial charge is 0.489 e. The molecule has 3 N–H and O–H groups in total. The molecule has 0 radical (unpaired) electrons. The molecule has 10 heteroatoms. The number of H-pyrrole nitrogens is 1. The van der Waals surface area contributed by atoms with Gasteiger partial charge >= 0.3 is 0 Å². The molecule has 1 aliphatic heterocycles. The maximum atomic E-state index is 13.0. The lowest BCUT2D eigenvalue weighted by atomic mass is 9.86. The zero-order chi connectivity index (χ0) is 29.1. The molecule has 0 saturated carbocycles. The van der Waals surface area contributed by atoms with E-state index >= 15 is 0 Å². The van der Waals surface area contributed by atoms with Gasteiger partial charge in [-0.05, 0) is 94.6 Å². The molecule has 4 aromatic rings. The van der Waals surface area contributed by atoms with Crippen LogP contribution < -0.4 is 15.4 Å². The second-order valence-corrected chi connectivity index (χ2v) is 13.2. The van der Waals surface area contributed by atoms with Crippen molar-refractivity contribution in [3.8, 4) is 5.75 Å². The lowest BCUT2D eigenvalue weighted by Gasteiger charge is -2.32. The number of piperidine rings is 1. The van der Waals surface area contributed by atoms with E-state index in [0.29, 0.717) is 23.3 Å². The number of ether oxygens (including phenoxy) is 1. The van der Waals surface area contributed by atoms with E-state index in [0.717, 1.165) is 59.9 Å². The Morgan fingerprint density at radius 2 is 1.83 bits per heavy atom. The zero-order valence-electron chi connectivity index (χ0n) is 24.8. The summed E-state index contributed by atoms with van der Waals surface area (Å²) in [6, 6.07) is 12.0. The van der Waals surface area contributed by atoms with E-state index in [-0.39, 0.29) is 11.4 Å². The van der Waals surface area contributed by atoms with Crippen LogP contribution in [-0.2, 0) is 10.8 Å². The van der Waals surface area contributed by atoms with Crippen LogP contribution in [0.1, 0.15) is 64.5 Å². The standard InChI is InChI=1S/C31H41N7O2S/c1-7-38-14-12-22(13-15-38)23-17-27(40-19(2)3)26(16-21(23)6)34-31-35-29(24-18-32-37-30(24)36-31)33-25-10-8-9-11-28(25)41(39)20(4)5/h8-11,16-20,22H,7,12-15H2,1-6H3,(H3,32,33,34,35,36,37). The normalized spacial score (nSPS) is 15.5. The van der Waals surface area contributed by atoms with Crippen molar-refractivity contribution in [2.45, 2.75) is 76.6 Å². The predicted octanol–water partition coefficient (Wildman–Crippen LogP) is 6.65. The Morgan fingerprint density at radius 1 is 1.07 bits per heavy atom. The van der Waals surface area contributed by atoms with E-state index in [2.05, 4.69) is 51.7 Å². The van der Waals surface area contributed by atoms with Crippen LogP contribution in [0, 0.1) is 6.92 Å². The van der Waals surface area contributed by atoms with Crippen LogP contribution in [0.15, 0.2) is 47.5 Å². The molecule has 3 heterocycles. The first-order valence-electron chi connectivity index (χ1n) is 14.5. The molecule has 1 unspecified atom stereocenters. The molecule has 0 aliphatic carbocycles. The number of likely N-dealkylation sites (tertiary alicyclic amines) is 1. The number of aromatic nitrogens is 4. The molecule has 5 rings (SSSR count). The highest BCUT2D eigenvalue weighted by Crippen LogP contribution is 2.38. The van der Waals surface area contributed by atoms with Crippen LogP contribution >= 0.6 is 0 Å². The number of rotatable bonds is 10. The molecule has 1 saturated heterocycles. The molecule has 2 aromatic carbocycles. The number of hydrogen-bond acceptors (Lipinski definition) is 8. The first kappa shape index (κ1) is 29.0. The van der Waals surface area contributed by atoms with Crippen molar-refractivity contribution in [3.63, 3.8) is 0 Å². The maximum absolute atomic E-state index is 13.0. The molecular weight excluding hydrogens is 534 g/mol. The Labute approximate surface area is 245 Å². The summed E-state index contributed by atoms with van der Waals surface area (Å²) in [7, 11) is -1.16. The van der Waals surface area contributed by atoms with E-state index in [4.69, 9.17) is 14.7 Å². The van der Waals surface area contributed by atoms with Gasteiger partial charge in [-0.1, -0.05) is 32.9 Å². The third kappa shape index (κ3) is 6.54. The first-order valence-corrected chi connectivity index (χ1v) is 15.7. The Kier molecular flexibility index (Phi) is 8.89. The highest BCUT2D eigenvalue weighted by atomic mass is 32.2. The number of anilines is 4. The molecule has 1 atom stereocenters. The number of nitrogens with one attached hydrogen (secondary N) is 3. The number of nitrogens with zero attached hydrogens (tertiary/aromatic N) is 4. The van der Waals surface area contributed by atoms with Gasteiger partial charge in [0.05, 0.1) is 44.8 Å². The second kappa shape index (κ2) is 12.6. The van der Waals surface area contributed by atoms with Crippen LogP contribution in [0.5, 0.6) is 5.75 Å². The van der Waals surface area contributed by atoms with E-state index in [1.807, 2.05) is 52.0 Å². The predicted molar refractivity (Wildman–Crippen MR) is 167 cm³/mol. The van der Waals surface area contributed by atoms with Gasteiger partial charge in [0.25, 0.3) is 0 Å². The topological polar surface area (TPSA) is 108 Å². The van der Waals surface area contributed by atoms with E-state index in [9.17, 15) is 4.21 Å². The third-order valence-electron chi connectivity index (χ3n) is 7.55. The number of fused-ring (bicyclic) bond motifs is 1. The van der Waals surface area contributed by atoms with Crippen LogP contribution in [0.25, 0.3) is 11.0 Å². The summed E-state index contributed by atoms with van der Waals surface area (Å²) < 4.78 is 19.3. The number of para-hydroxylation sites is 1. The van der Waals surface area contributed by atoms with Crippen LogP contribution in [0.4, 0.5) is 23.1 Å². The summed E-state index contributed by atoms with van der Waals surface area (Å²) in [6.07, 6.45) is 4.01. The quantitative estimate of drug-likeness (QED) is 0.193. The molecule has 0 amide bonds. The van der Waals surface area contributed by atoms with E-state index < -0.39 is 10.8 Å². The van der Waals surface area contributed by atoms with Crippen molar-refractivity contribution < 1.29 is 8.95 Å². The summed E-state index contributed by atoms with van der Waals surface area (Å²) in [5.74, 6) is 2.29. The highest BCUT2D eigenvalue weighted by Gasteiger charge is 2.23.